The second kappa shape index (κ2) is 5.75. The van der Waals surface area contributed by atoms with Crippen LogP contribution < -0.4 is 5.32 Å². The molecule has 1 aliphatic heterocycles. The zero-order chi connectivity index (χ0) is 13.0. The maximum absolute atomic E-state index is 12.1. The van der Waals surface area contributed by atoms with Crippen LogP contribution in [-0.4, -0.2) is 54.5 Å². The number of nitrogens with one attached hydrogen (secondary N) is 1. The SMILES string of the molecule is O=C(O)c1ccccc1C(=O)CN1CCNCC1. The molecular formula is C13H16N2O3. The van der Waals surface area contributed by atoms with Gasteiger partial charge in [-0.25, -0.2) is 4.79 Å². The van der Waals surface area contributed by atoms with E-state index in [1.807, 2.05) is 4.90 Å². The molecule has 0 bridgehead atoms. The topological polar surface area (TPSA) is 69.6 Å². The fraction of sp³-hybridized carbons (Fsp3) is 0.385. The van der Waals surface area contributed by atoms with Gasteiger partial charge in [0.15, 0.2) is 5.78 Å². The number of nitrogens with zero attached hydrogens (tertiary/aromatic N) is 1. The lowest BCUT2D eigenvalue weighted by Gasteiger charge is -2.26. The molecule has 0 saturated carbocycles. The first kappa shape index (κ1) is 12.7. The summed E-state index contributed by atoms with van der Waals surface area (Å²) < 4.78 is 0. The third-order valence-electron chi connectivity index (χ3n) is 3.03. The van der Waals surface area contributed by atoms with E-state index in [-0.39, 0.29) is 17.9 Å². The number of carbonyl (C=O) groups excluding carboxylic acids is 1. The summed E-state index contributed by atoms with van der Waals surface area (Å²) in [5.74, 6) is -1.19. The second-order valence-corrected chi connectivity index (χ2v) is 4.30. The largest absolute Gasteiger partial charge is 0.478 e. The maximum atomic E-state index is 12.1. The Balaban J connectivity index is 2.10. The van der Waals surface area contributed by atoms with Gasteiger partial charge in [-0.1, -0.05) is 18.2 Å². The summed E-state index contributed by atoms with van der Waals surface area (Å²) in [5.41, 5.74) is 0.376. The van der Waals surface area contributed by atoms with Gasteiger partial charge in [-0.15, -0.1) is 0 Å². The molecule has 2 N–H and O–H groups in total. The van der Waals surface area contributed by atoms with Gasteiger partial charge in [-0.2, -0.15) is 0 Å². The Morgan fingerprint density at radius 2 is 1.78 bits per heavy atom. The summed E-state index contributed by atoms with van der Waals surface area (Å²) in [6, 6.07) is 6.36. The monoisotopic (exact) mass is 248 g/mol. The third kappa shape index (κ3) is 2.94. The molecule has 2 rings (SSSR count). The minimum Gasteiger partial charge on any atom is -0.478 e. The Morgan fingerprint density at radius 1 is 1.17 bits per heavy atom. The Hall–Kier alpha value is -1.72. The van der Waals surface area contributed by atoms with E-state index < -0.39 is 5.97 Å². The molecule has 0 spiro atoms. The summed E-state index contributed by atoms with van der Waals surface area (Å²) in [7, 11) is 0. The van der Waals surface area contributed by atoms with Crippen molar-refractivity contribution in [3.8, 4) is 0 Å². The van der Waals surface area contributed by atoms with Crippen molar-refractivity contribution in [1.82, 2.24) is 10.2 Å². The number of benzene rings is 1. The number of carboxylic acid groups (broad SMARTS) is 1. The Morgan fingerprint density at radius 3 is 2.39 bits per heavy atom. The van der Waals surface area contributed by atoms with Crippen molar-refractivity contribution in [3.05, 3.63) is 35.4 Å². The lowest BCUT2D eigenvalue weighted by Crippen LogP contribution is -2.45. The van der Waals surface area contributed by atoms with Crippen LogP contribution in [0.25, 0.3) is 0 Å². The number of carboxylic acids is 1. The molecule has 1 saturated heterocycles. The van der Waals surface area contributed by atoms with E-state index in [4.69, 9.17) is 5.11 Å². The van der Waals surface area contributed by atoms with Crippen molar-refractivity contribution in [2.75, 3.05) is 32.7 Å². The molecule has 1 heterocycles. The quantitative estimate of drug-likeness (QED) is 0.758. The molecule has 18 heavy (non-hydrogen) atoms. The standard InChI is InChI=1S/C13H16N2O3/c16-12(9-15-7-5-14-6-8-15)10-3-1-2-4-11(10)13(17)18/h1-4,14H,5-9H2,(H,17,18). The first-order valence-electron chi connectivity index (χ1n) is 5.97. The van der Waals surface area contributed by atoms with Crippen LogP contribution in [0.15, 0.2) is 24.3 Å². The molecule has 1 aromatic rings. The summed E-state index contributed by atoms with van der Waals surface area (Å²) >= 11 is 0. The van der Waals surface area contributed by atoms with Crippen LogP contribution in [0.3, 0.4) is 0 Å². The van der Waals surface area contributed by atoms with Crippen molar-refractivity contribution in [1.29, 1.82) is 0 Å². The van der Waals surface area contributed by atoms with E-state index >= 15 is 0 Å². The van der Waals surface area contributed by atoms with Gasteiger partial charge in [-0.3, -0.25) is 9.69 Å². The highest BCUT2D eigenvalue weighted by molar-refractivity contribution is 6.06. The zero-order valence-corrected chi connectivity index (χ0v) is 10.1. The number of carbonyl (C=O) groups is 2. The fourth-order valence-corrected chi connectivity index (χ4v) is 2.07. The van der Waals surface area contributed by atoms with Gasteiger partial charge in [0.1, 0.15) is 0 Å². The number of aromatic carboxylic acids is 1. The summed E-state index contributed by atoms with van der Waals surface area (Å²) in [4.78, 5) is 25.2. The van der Waals surface area contributed by atoms with Crippen LogP contribution in [0.2, 0.25) is 0 Å². The molecule has 1 aliphatic rings. The Kier molecular flexibility index (Phi) is 4.07. The Bertz CT molecular complexity index is 453. The van der Waals surface area contributed by atoms with E-state index in [9.17, 15) is 9.59 Å². The molecule has 0 atom stereocenters. The van der Waals surface area contributed by atoms with Crippen molar-refractivity contribution in [3.63, 3.8) is 0 Å². The molecule has 96 valence electrons. The van der Waals surface area contributed by atoms with Crippen molar-refractivity contribution < 1.29 is 14.7 Å². The van der Waals surface area contributed by atoms with Gasteiger partial charge < -0.3 is 10.4 Å². The van der Waals surface area contributed by atoms with Crippen LogP contribution in [0, 0.1) is 0 Å². The van der Waals surface area contributed by atoms with Gasteiger partial charge in [-0.05, 0) is 6.07 Å². The van der Waals surface area contributed by atoms with Crippen LogP contribution in [0.4, 0.5) is 0 Å². The summed E-state index contributed by atoms with van der Waals surface area (Å²) in [6.07, 6.45) is 0. The molecule has 1 fully saturated rings. The molecule has 0 aromatic heterocycles. The van der Waals surface area contributed by atoms with Gasteiger partial charge in [0.2, 0.25) is 0 Å². The highest BCUT2D eigenvalue weighted by Crippen LogP contribution is 2.10. The fourth-order valence-electron chi connectivity index (χ4n) is 2.07. The van der Waals surface area contributed by atoms with Gasteiger partial charge in [0.25, 0.3) is 0 Å². The third-order valence-corrected chi connectivity index (χ3v) is 3.03. The van der Waals surface area contributed by atoms with Crippen LogP contribution >= 0.6 is 0 Å². The minimum atomic E-state index is -1.06. The molecule has 0 amide bonds. The molecular weight excluding hydrogens is 232 g/mol. The molecule has 0 unspecified atom stereocenters. The number of hydrogen-bond acceptors (Lipinski definition) is 4. The van der Waals surface area contributed by atoms with Gasteiger partial charge >= 0.3 is 5.97 Å². The zero-order valence-electron chi connectivity index (χ0n) is 10.1. The number of rotatable bonds is 4. The van der Waals surface area contributed by atoms with Crippen LogP contribution in [-0.2, 0) is 0 Å². The van der Waals surface area contributed by atoms with Gasteiger partial charge in [0.05, 0.1) is 12.1 Å². The van der Waals surface area contributed by atoms with Crippen molar-refractivity contribution >= 4 is 11.8 Å². The van der Waals surface area contributed by atoms with E-state index in [2.05, 4.69) is 5.32 Å². The van der Waals surface area contributed by atoms with Crippen LogP contribution in [0.5, 0.6) is 0 Å². The highest BCUT2D eigenvalue weighted by atomic mass is 16.4. The normalized spacial score (nSPS) is 16.4. The predicted molar refractivity (Wildman–Crippen MR) is 67.0 cm³/mol. The van der Waals surface area contributed by atoms with E-state index in [1.54, 1.807) is 18.2 Å². The number of ketones is 1. The molecule has 0 aliphatic carbocycles. The molecule has 5 heteroatoms. The molecule has 1 aromatic carbocycles. The van der Waals surface area contributed by atoms with Crippen LogP contribution in [0.1, 0.15) is 20.7 Å². The second-order valence-electron chi connectivity index (χ2n) is 4.30. The van der Waals surface area contributed by atoms with E-state index in [1.165, 1.54) is 6.07 Å². The van der Waals surface area contributed by atoms with Crippen molar-refractivity contribution in [2.24, 2.45) is 0 Å². The predicted octanol–water partition coefficient (Wildman–Crippen LogP) is 0.473. The lowest BCUT2D eigenvalue weighted by atomic mass is 10.0. The van der Waals surface area contributed by atoms with E-state index in [0.717, 1.165) is 26.2 Å². The van der Waals surface area contributed by atoms with Gasteiger partial charge in [0, 0.05) is 31.7 Å². The number of hydrogen-bond donors (Lipinski definition) is 2. The first-order valence-corrected chi connectivity index (χ1v) is 5.97. The Labute approximate surface area is 105 Å². The summed E-state index contributed by atoms with van der Waals surface area (Å²) in [5, 5.41) is 12.3. The number of piperazine rings is 1. The van der Waals surface area contributed by atoms with Crippen molar-refractivity contribution in [2.45, 2.75) is 0 Å². The van der Waals surface area contributed by atoms with E-state index in [0.29, 0.717) is 5.56 Å². The average Bonchev–Trinajstić information content (AvgIpc) is 2.40. The number of Topliss-reactive ketones (excluding diaryl/α,β-unsaturated/α-hetero) is 1. The minimum absolute atomic E-state index is 0.0811. The smallest absolute Gasteiger partial charge is 0.336 e. The highest BCUT2D eigenvalue weighted by Gasteiger charge is 2.19. The molecule has 0 radical (unpaired) electrons. The lowest BCUT2D eigenvalue weighted by molar-refractivity contribution is 0.0690. The first-order chi connectivity index (χ1) is 8.68. The average molecular weight is 248 g/mol. The maximum Gasteiger partial charge on any atom is 0.336 e. The summed E-state index contributed by atoms with van der Waals surface area (Å²) in [6.45, 7) is 3.66. The molecule has 5 nitrogen and oxygen atoms in total.